The topological polar surface area (TPSA) is 95.2 Å². The number of nitrogens with one attached hydrogen (secondary N) is 3. The van der Waals surface area contributed by atoms with Crippen LogP contribution in [0.2, 0.25) is 0 Å². The molecule has 0 aliphatic carbocycles. The number of quaternary nitrogens is 2. The molecule has 0 spiro atoms. The predicted octanol–water partition coefficient (Wildman–Crippen LogP) is 4.55. The second-order valence-electron chi connectivity index (χ2n) is 12.5. The fourth-order valence-electron chi connectivity index (χ4n) is 6.05. The minimum atomic E-state index is -1.38. The van der Waals surface area contributed by atoms with E-state index in [1.807, 2.05) is 67.6 Å². The first kappa shape index (κ1) is 41.8. The Morgan fingerprint density at radius 1 is 0.580 bits per heavy atom. The predicted molar refractivity (Wildman–Crippen MR) is 204 cm³/mol. The van der Waals surface area contributed by atoms with E-state index >= 15 is 0 Å². The second-order valence-corrected chi connectivity index (χ2v) is 12.5. The smallest absolute Gasteiger partial charge is 0.251 e. The third-order valence-electron chi connectivity index (χ3n) is 9.39. The summed E-state index contributed by atoms with van der Waals surface area (Å²) in [4.78, 5) is 41.7. The number of hydrogen-bond acceptors (Lipinski definition) is 4. The van der Waals surface area contributed by atoms with Gasteiger partial charge >= 0.3 is 0 Å². The number of rotatable bonds is 16. The standard InChI is InChI=1S/C31H29NO4.2C6H15N/c1-21-15-16-26(31(35)36)29-24(27(33)14-8-13-22-9-4-2-5-10-22)17-18-25(28(21)29)30(34)32-20-19-23-11-6-3-7-12-23;2*1-4-7(5-2)6-3/h2-7,9-12,15-18H,8,13-14,19-20H2,1H3,(H,32,34)(H,35,36);2*4-6H2,1-3H3/p+1. The fourth-order valence-corrected chi connectivity index (χ4v) is 6.05. The van der Waals surface area contributed by atoms with Gasteiger partial charge in [-0.2, -0.15) is 0 Å². The highest BCUT2D eigenvalue weighted by atomic mass is 16.4. The Hall–Kier alpha value is -4.33. The zero-order valence-corrected chi connectivity index (χ0v) is 31.5. The molecule has 7 heteroatoms. The van der Waals surface area contributed by atoms with Crippen LogP contribution in [-0.2, 0) is 12.8 Å². The van der Waals surface area contributed by atoms with Gasteiger partial charge in [-0.05, 0) is 102 Å². The number of aryl methyl sites for hydroxylation is 2. The summed E-state index contributed by atoms with van der Waals surface area (Å²) in [7, 11) is 0. The lowest BCUT2D eigenvalue weighted by Crippen LogP contribution is -3.11. The van der Waals surface area contributed by atoms with Gasteiger partial charge in [0.25, 0.3) is 5.91 Å². The highest BCUT2D eigenvalue weighted by Crippen LogP contribution is 2.31. The number of benzene rings is 4. The first-order valence-electron chi connectivity index (χ1n) is 18.5. The van der Waals surface area contributed by atoms with E-state index in [9.17, 15) is 19.5 Å². The SMILES string of the molecule is CC[NH+](CC)CC.CC[NH+](CC)CC.Cc1ccc(C(=O)[O-])c2c(C(=O)CCCc3ccccc3)ccc(C(=O)NCCc3ccccc3)c12. The van der Waals surface area contributed by atoms with Crippen molar-refractivity contribution in [3.63, 3.8) is 0 Å². The van der Waals surface area contributed by atoms with Crippen LogP contribution < -0.4 is 20.2 Å². The van der Waals surface area contributed by atoms with Crippen molar-refractivity contribution < 1.29 is 29.3 Å². The Kier molecular flexibility index (Phi) is 19.4. The van der Waals surface area contributed by atoms with Crippen molar-refractivity contribution in [2.75, 3.05) is 45.8 Å². The maximum Gasteiger partial charge on any atom is 0.251 e. The van der Waals surface area contributed by atoms with Gasteiger partial charge in [0.1, 0.15) is 0 Å². The van der Waals surface area contributed by atoms with Crippen LogP contribution in [0, 0.1) is 6.92 Å². The van der Waals surface area contributed by atoms with Crippen LogP contribution in [0.5, 0.6) is 0 Å². The average Bonchev–Trinajstić information content (AvgIpc) is 3.14. The van der Waals surface area contributed by atoms with Crippen molar-refractivity contribution in [2.24, 2.45) is 0 Å². The largest absolute Gasteiger partial charge is 0.545 e. The summed E-state index contributed by atoms with van der Waals surface area (Å²) in [6.07, 6.45) is 2.33. The molecule has 1 amide bonds. The molecule has 4 rings (SSSR count). The van der Waals surface area contributed by atoms with E-state index in [1.54, 1.807) is 28.0 Å². The number of hydrogen-bond donors (Lipinski definition) is 3. The van der Waals surface area contributed by atoms with Crippen LogP contribution in [0.3, 0.4) is 0 Å². The quantitative estimate of drug-likeness (QED) is 0.151. The normalized spacial score (nSPS) is 10.7. The van der Waals surface area contributed by atoms with Crippen molar-refractivity contribution >= 4 is 28.4 Å². The molecule has 3 N–H and O–H groups in total. The molecule has 270 valence electrons. The summed E-state index contributed by atoms with van der Waals surface area (Å²) in [6, 6.07) is 26.0. The number of carbonyl (C=O) groups is 3. The number of carboxylic acids is 1. The third-order valence-corrected chi connectivity index (χ3v) is 9.39. The molecular formula is C43H60N3O4+. The molecule has 0 aliphatic heterocycles. The van der Waals surface area contributed by atoms with Gasteiger partial charge in [-0.15, -0.1) is 0 Å². The molecule has 7 nitrogen and oxygen atoms in total. The summed E-state index contributed by atoms with van der Waals surface area (Å²) in [5, 5.41) is 15.7. The first-order valence-corrected chi connectivity index (χ1v) is 18.5. The van der Waals surface area contributed by atoms with Gasteiger partial charge in [0.05, 0.1) is 45.2 Å². The zero-order chi connectivity index (χ0) is 36.9. The van der Waals surface area contributed by atoms with Crippen molar-refractivity contribution in [2.45, 2.75) is 74.1 Å². The monoisotopic (exact) mass is 682 g/mol. The molecule has 0 unspecified atom stereocenters. The number of carboxylic acid groups (broad SMARTS) is 1. The molecule has 0 fully saturated rings. The van der Waals surface area contributed by atoms with E-state index in [2.05, 4.69) is 46.9 Å². The summed E-state index contributed by atoms with van der Waals surface area (Å²) >= 11 is 0. The third kappa shape index (κ3) is 13.2. The maximum absolute atomic E-state index is 13.2. The van der Waals surface area contributed by atoms with Gasteiger partial charge in [0.15, 0.2) is 5.78 Å². The molecule has 0 saturated carbocycles. The maximum atomic E-state index is 13.2. The van der Waals surface area contributed by atoms with Gasteiger partial charge < -0.3 is 25.0 Å². The molecule has 0 aliphatic rings. The molecule has 0 saturated heterocycles. The lowest BCUT2D eigenvalue weighted by molar-refractivity contribution is -0.894. The van der Waals surface area contributed by atoms with Gasteiger partial charge in [-0.1, -0.05) is 72.8 Å². The van der Waals surface area contributed by atoms with Gasteiger partial charge in [0.2, 0.25) is 0 Å². The number of ketones is 1. The number of fused-ring (bicyclic) bond motifs is 1. The van der Waals surface area contributed by atoms with E-state index < -0.39 is 5.97 Å². The summed E-state index contributed by atoms with van der Waals surface area (Å²) in [6.45, 7) is 23.2. The summed E-state index contributed by atoms with van der Waals surface area (Å²) in [5.41, 5.74) is 3.54. The molecular weight excluding hydrogens is 622 g/mol. The number of carbonyl (C=O) groups excluding carboxylic acids is 3. The van der Waals surface area contributed by atoms with Crippen LogP contribution in [0.1, 0.15) is 102 Å². The fraction of sp³-hybridized carbons (Fsp3) is 0.419. The average molecular weight is 683 g/mol. The van der Waals surface area contributed by atoms with Crippen molar-refractivity contribution in [1.82, 2.24) is 5.32 Å². The van der Waals surface area contributed by atoms with Crippen molar-refractivity contribution in [1.29, 1.82) is 0 Å². The van der Waals surface area contributed by atoms with E-state index in [0.717, 1.165) is 23.1 Å². The molecule has 0 bridgehead atoms. The molecule has 0 atom stereocenters. The Morgan fingerprint density at radius 2 is 1.04 bits per heavy atom. The van der Waals surface area contributed by atoms with Gasteiger partial charge in [0, 0.05) is 35.0 Å². The summed E-state index contributed by atoms with van der Waals surface area (Å²) in [5.74, 6) is -1.84. The second kappa shape index (κ2) is 23.1. The molecule has 50 heavy (non-hydrogen) atoms. The zero-order valence-electron chi connectivity index (χ0n) is 31.5. The summed E-state index contributed by atoms with van der Waals surface area (Å²) < 4.78 is 0. The number of amides is 1. The molecule has 0 radical (unpaired) electrons. The number of aromatic carboxylic acids is 1. The lowest BCUT2D eigenvalue weighted by atomic mass is 9.89. The van der Waals surface area contributed by atoms with E-state index in [1.165, 1.54) is 45.3 Å². The van der Waals surface area contributed by atoms with Crippen LogP contribution in [-0.4, -0.2) is 63.5 Å². The number of Topliss-reactive ketones (excluding diaryl/α,β-unsaturated/α-hetero) is 1. The molecule has 0 heterocycles. The highest BCUT2D eigenvalue weighted by Gasteiger charge is 2.20. The van der Waals surface area contributed by atoms with Gasteiger partial charge in [-0.3, -0.25) is 9.59 Å². The van der Waals surface area contributed by atoms with Crippen molar-refractivity contribution in [3.05, 3.63) is 118 Å². The van der Waals surface area contributed by atoms with Crippen LogP contribution in [0.4, 0.5) is 0 Å². The van der Waals surface area contributed by atoms with Crippen LogP contribution in [0.25, 0.3) is 10.8 Å². The molecule has 0 aromatic heterocycles. The lowest BCUT2D eigenvalue weighted by Gasteiger charge is -2.17. The van der Waals surface area contributed by atoms with E-state index in [-0.39, 0.29) is 29.1 Å². The molecule has 4 aromatic rings. The van der Waals surface area contributed by atoms with Crippen LogP contribution >= 0.6 is 0 Å². The minimum Gasteiger partial charge on any atom is -0.545 e. The minimum absolute atomic E-state index is 0.0825. The highest BCUT2D eigenvalue weighted by molar-refractivity contribution is 6.20. The van der Waals surface area contributed by atoms with E-state index in [0.29, 0.717) is 35.9 Å². The molecule has 4 aromatic carbocycles. The Balaban J connectivity index is 0.000000521. The Morgan fingerprint density at radius 3 is 1.50 bits per heavy atom. The van der Waals surface area contributed by atoms with Crippen molar-refractivity contribution in [3.8, 4) is 0 Å². The first-order chi connectivity index (χ1) is 24.1. The van der Waals surface area contributed by atoms with Crippen LogP contribution in [0.15, 0.2) is 84.9 Å². The Labute approximate surface area is 300 Å². The Bertz CT molecular complexity index is 1570. The van der Waals surface area contributed by atoms with Gasteiger partial charge in [-0.25, -0.2) is 0 Å². The van der Waals surface area contributed by atoms with E-state index in [4.69, 9.17) is 0 Å².